The molecule has 0 bridgehead atoms. The number of benzene rings is 2. The summed E-state index contributed by atoms with van der Waals surface area (Å²) in [5, 5.41) is 0. The Morgan fingerprint density at radius 1 is 0.962 bits per heavy atom. The normalized spacial score (nSPS) is 20.5. The predicted molar refractivity (Wildman–Crippen MR) is 100 cm³/mol. The maximum Gasteiger partial charge on any atom is 0.354 e. The van der Waals surface area contributed by atoms with E-state index in [4.69, 9.17) is 9.47 Å². The molecular formula is C22H23NO3. The van der Waals surface area contributed by atoms with Gasteiger partial charge in [-0.15, -0.1) is 0 Å². The molecule has 1 heterocycles. The Labute approximate surface area is 153 Å². The van der Waals surface area contributed by atoms with Gasteiger partial charge in [0.15, 0.2) is 0 Å². The molecule has 4 nitrogen and oxygen atoms in total. The summed E-state index contributed by atoms with van der Waals surface area (Å²) in [6.07, 6.45) is 6.42. The average Bonchev–Trinajstić information content (AvgIpc) is 3.05. The summed E-state index contributed by atoms with van der Waals surface area (Å²) >= 11 is 0. The topological polar surface area (TPSA) is 47.9 Å². The van der Waals surface area contributed by atoms with Crippen LogP contribution in [0.15, 0.2) is 59.6 Å². The highest BCUT2D eigenvalue weighted by Gasteiger charge is 2.28. The second-order valence-electron chi connectivity index (χ2n) is 6.94. The van der Waals surface area contributed by atoms with Crippen LogP contribution in [0.5, 0.6) is 5.75 Å². The average molecular weight is 349 g/mol. The molecule has 2 aromatic carbocycles. The van der Waals surface area contributed by atoms with Crippen molar-refractivity contribution in [3.8, 4) is 5.75 Å². The highest BCUT2D eigenvalue weighted by molar-refractivity contribution is 6.38. The Morgan fingerprint density at radius 3 is 2.42 bits per heavy atom. The molecule has 134 valence electrons. The van der Waals surface area contributed by atoms with Gasteiger partial charge in [0.2, 0.25) is 6.23 Å². The van der Waals surface area contributed by atoms with Crippen LogP contribution in [0.3, 0.4) is 0 Å². The van der Waals surface area contributed by atoms with Crippen LogP contribution >= 0.6 is 0 Å². The fraction of sp³-hybridized carbons (Fsp3) is 0.364. The van der Waals surface area contributed by atoms with Crippen LogP contribution in [0.1, 0.15) is 49.5 Å². The number of hydrogen-bond donors (Lipinski definition) is 0. The fourth-order valence-corrected chi connectivity index (χ4v) is 3.52. The number of hydrogen-bond acceptors (Lipinski definition) is 4. The van der Waals surface area contributed by atoms with E-state index in [1.165, 1.54) is 19.3 Å². The molecule has 1 aliphatic carbocycles. The molecule has 1 atom stereocenters. The largest absolute Gasteiger partial charge is 0.490 e. The van der Waals surface area contributed by atoms with E-state index in [1.807, 2.05) is 54.6 Å². The molecule has 0 spiro atoms. The van der Waals surface area contributed by atoms with E-state index in [0.717, 1.165) is 29.7 Å². The van der Waals surface area contributed by atoms with Gasteiger partial charge in [-0.3, -0.25) is 0 Å². The molecule has 2 aliphatic rings. The zero-order valence-corrected chi connectivity index (χ0v) is 14.8. The number of aliphatic imine (C=N–C) groups is 1. The molecule has 4 rings (SSSR count). The van der Waals surface area contributed by atoms with Gasteiger partial charge in [0.25, 0.3) is 0 Å². The van der Waals surface area contributed by atoms with E-state index in [0.29, 0.717) is 18.2 Å². The first-order valence-electron chi connectivity index (χ1n) is 9.36. The molecular weight excluding hydrogens is 326 g/mol. The van der Waals surface area contributed by atoms with Crippen LogP contribution in [0, 0.1) is 0 Å². The smallest absolute Gasteiger partial charge is 0.354 e. The van der Waals surface area contributed by atoms with Gasteiger partial charge in [-0.05, 0) is 43.4 Å². The molecule has 0 amide bonds. The Bertz CT molecular complexity index is 777. The van der Waals surface area contributed by atoms with Gasteiger partial charge in [0.1, 0.15) is 11.5 Å². The first kappa shape index (κ1) is 16.8. The monoisotopic (exact) mass is 349 g/mol. The van der Waals surface area contributed by atoms with Crippen molar-refractivity contribution in [1.29, 1.82) is 0 Å². The molecule has 1 saturated carbocycles. The number of carbonyl (C=O) groups excluding carboxylic acids is 1. The molecule has 1 aliphatic heterocycles. The molecule has 0 saturated heterocycles. The second-order valence-corrected chi connectivity index (χ2v) is 6.94. The molecule has 1 fully saturated rings. The van der Waals surface area contributed by atoms with Crippen LogP contribution in [-0.4, -0.2) is 17.8 Å². The lowest BCUT2D eigenvalue weighted by Gasteiger charge is -2.23. The summed E-state index contributed by atoms with van der Waals surface area (Å²) in [7, 11) is 0. The molecule has 0 aromatic heterocycles. The molecule has 1 unspecified atom stereocenters. The van der Waals surface area contributed by atoms with Crippen molar-refractivity contribution in [2.45, 2.75) is 50.9 Å². The maximum atomic E-state index is 12.1. The van der Waals surface area contributed by atoms with Crippen molar-refractivity contribution in [2.24, 2.45) is 4.99 Å². The SMILES string of the molecule is O=C1OC(c2ccccc2)N=C1Cc1ccc(OC2CCCCC2)cc1. The molecule has 0 N–H and O–H groups in total. The Hall–Kier alpha value is -2.62. The summed E-state index contributed by atoms with van der Waals surface area (Å²) in [5.41, 5.74) is 2.40. The molecule has 4 heteroatoms. The third-order valence-electron chi connectivity index (χ3n) is 4.96. The minimum absolute atomic E-state index is 0.332. The zero-order chi connectivity index (χ0) is 17.8. The highest BCUT2D eigenvalue weighted by Crippen LogP contribution is 2.26. The number of carbonyl (C=O) groups is 1. The van der Waals surface area contributed by atoms with Gasteiger partial charge in [0.05, 0.1) is 6.10 Å². The van der Waals surface area contributed by atoms with Gasteiger partial charge in [-0.2, -0.15) is 0 Å². The second kappa shape index (κ2) is 7.73. The van der Waals surface area contributed by atoms with E-state index in [-0.39, 0.29) is 5.97 Å². The lowest BCUT2D eigenvalue weighted by Crippen LogP contribution is -2.19. The Kier molecular flexibility index (Phi) is 5.00. The number of esters is 1. The number of ether oxygens (including phenoxy) is 2. The minimum Gasteiger partial charge on any atom is -0.490 e. The predicted octanol–water partition coefficient (Wildman–Crippen LogP) is 4.64. The van der Waals surface area contributed by atoms with Gasteiger partial charge in [-0.1, -0.05) is 48.9 Å². The van der Waals surface area contributed by atoms with Crippen molar-refractivity contribution in [3.63, 3.8) is 0 Å². The third-order valence-corrected chi connectivity index (χ3v) is 4.96. The van der Waals surface area contributed by atoms with E-state index in [2.05, 4.69) is 4.99 Å². The van der Waals surface area contributed by atoms with Crippen LogP contribution in [0.4, 0.5) is 0 Å². The Balaban J connectivity index is 1.39. The summed E-state index contributed by atoms with van der Waals surface area (Å²) in [6.45, 7) is 0. The van der Waals surface area contributed by atoms with Crippen LogP contribution < -0.4 is 4.74 Å². The van der Waals surface area contributed by atoms with Crippen LogP contribution in [-0.2, 0) is 16.0 Å². The van der Waals surface area contributed by atoms with E-state index >= 15 is 0 Å². The van der Waals surface area contributed by atoms with Gasteiger partial charge < -0.3 is 9.47 Å². The van der Waals surface area contributed by atoms with Crippen molar-refractivity contribution in [3.05, 3.63) is 65.7 Å². The minimum atomic E-state index is -0.521. The van der Waals surface area contributed by atoms with E-state index in [9.17, 15) is 4.79 Å². The van der Waals surface area contributed by atoms with Gasteiger partial charge in [-0.25, -0.2) is 9.79 Å². The summed E-state index contributed by atoms with van der Waals surface area (Å²) < 4.78 is 11.4. The van der Waals surface area contributed by atoms with E-state index in [1.54, 1.807) is 0 Å². The summed E-state index contributed by atoms with van der Waals surface area (Å²) in [4.78, 5) is 16.6. The van der Waals surface area contributed by atoms with Crippen molar-refractivity contribution in [1.82, 2.24) is 0 Å². The van der Waals surface area contributed by atoms with Crippen molar-refractivity contribution >= 4 is 11.7 Å². The lowest BCUT2D eigenvalue weighted by molar-refractivity contribution is -0.138. The van der Waals surface area contributed by atoms with Crippen LogP contribution in [0.25, 0.3) is 0 Å². The lowest BCUT2D eigenvalue weighted by atomic mass is 9.98. The first-order chi connectivity index (χ1) is 12.8. The van der Waals surface area contributed by atoms with Crippen molar-refractivity contribution in [2.75, 3.05) is 0 Å². The number of nitrogens with zero attached hydrogens (tertiary/aromatic N) is 1. The number of cyclic esters (lactones) is 1. The number of rotatable bonds is 5. The standard InChI is InChI=1S/C22H23NO3/c24-22-20(23-21(26-22)17-7-3-1-4-8-17)15-16-11-13-19(14-12-16)25-18-9-5-2-6-10-18/h1,3-4,7-8,11-14,18,21H,2,5-6,9-10,15H2. The molecule has 0 radical (unpaired) electrons. The van der Waals surface area contributed by atoms with Crippen molar-refractivity contribution < 1.29 is 14.3 Å². The first-order valence-corrected chi connectivity index (χ1v) is 9.36. The Morgan fingerprint density at radius 2 is 1.69 bits per heavy atom. The molecule has 26 heavy (non-hydrogen) atoms. The maximum absolute atomic E-state index is 12.1. The van der Waals surface area contributed by atoms with Gasteiger partial charge >= 0.3 is 5.97 Å². The third kappa shape index (κ3) is 3.96. The molecule has 2 aromatic rings. The summed E-state index contributed by atoms with van der Waals surface area (Å²) in [5.74, 6) is 0.570. The van der Waals surface area contributed by atoms with Crippen LogP contribution in [0.2, 0.25) is 0 Å². The van der Waals surface area contributed by atoms with E-state index < -0.39 is 6.23 Å². The summed E-state index contributed by atoms with van der Waals surface area (Å²) in [6, 6.07) is 17.6. The highest BCUT2D eigenvalue weighted by atomic mass is 16.6. The fourth-order valence-electron chi connectivity index (χ4n) is 3.52. The quantitative estimate of drug-likeness (QED) is 0.739. The van der Waals surface area contributed by atoms with Gasteiger partial charge in [0, 0.05) is 12.0 Å². The zero-order valence-electron chi connectivity index (χ0n) is 14.8.